The number of aryl methyl sites for hydroxylation is 1. The van der Waals surface area contributed by atoms with Crippen LogP contribution < -0.4 is 5.32 Å². The summed E-state index contributed by atoms with van der Waals surface area (Å²) in [6.07, 6.45) is 3.22. The molecule has 158 valence electrons. The number of nitrogens with zero attached hydrogens (tertiary/aromatic N) is 1. The third-order valence-corrected chi connectivity index (χ3v) is 5.42. The second-order valence-electron chi connectivity index (χ2n) is 7.67. The number of carbonyl (C=O) groups excluding carboxylic acids is 2. The zero-order chi connectivity index (χ0) is 21.9. The number of ether oxygens (including phenoxy) is 2. The van der Waals surface area contributed by atoms with Crippen molar-refractivity contribution < 1.29 is 24.2 Å². The van der Waals surface area contributed by atoms with Crippen molar-refractivity contribution in [1.29, 1.82) is 0 Å². The third-order valence-electron chi connectivity index (χ3n) is 5.42. The van der Waals surface area contributed by atoms with Gasteiger partial charge in [0.15, 0.2) is 0 Å². The Morgan fingerprint density at radius 1 is 1.17 bits per heavy atom. The summed E-state index contributed by atoms with van der Waals surface area (Å²) in [5.41, 5.74) is 1.75. The highest BCUT2D eigenvalue weighted by molar-refractivity contribution is 5.94. The van der Waals surface area contributed by atoms with Crippen LogP contribution in [0.3, 0.4) is 0 Å². The molecule has 1 heterocycles. The van der Waals surface area contributed by atoms with Crippen molar-refractivity contribution in [2.75, 3.05) is 19.5 Å². The van der Waals surface area contributed by atoms with E-state index in [0.717, 1.165) is 11.3 Å². The first-order valence-electron chi connectivity index (χ1n) is 9.63. The molecule has 7 heteroatoms. The zero-order valence-electron chi connectivity index (χ0n) is 17.5. The third kappa shape index (κ3) is 4.21. The Bertz CT molecular complexity index is 951. The van der Waals surface area contributed by atoms with E-state index in [9.17, 15) is 14.7 Å². The van der Waals surface area contributed by atoms with Crippen LogP contribution in [0.2, 0.25) is 0 Å². The molecule has 3 rings (SSSR count). The Morgan fingerprint density at radius 2 is 1.87 bits per heavy atom. The molecule has 30 heavy (non-hydrogen) atoms. The number of hydrogen-bond acceptors (Lipinski definition) is 7. The summed E-state index contributed by atoms with van der Waals surface area (Å²) in [5, 5.41) is 14.5. The molecule has 1 aromatic carbocycles. The molecule has 2 N–H and O–H groups in total. The van der Waals surface area contributed by atoms with Gasteiger partial charge in [0.2, 0.25) is 0 Å². The van der Waals surface area contributed by atoms with Gasteiger partial charge in [-0.1, -0.05) is 23.8 Å². The number of aliphatic hydroxyl groups is 1. The first-order valence-corrected chi connectivity index (χ1v) is 9.63. The minimum atomic E-state index is -1.47. The van der Waals surface area contributed by atoms with Crippen molar-refractivity contribution in [3.8, 4) is 0 Å². The van der Waals surface area contributed by atoms with Crippen LogP contribution in [0.25, 0.3) is 0 Å². The highest BCUT2D eigenvalue weighted by Gasteiger charge is 2.52. The number of esters is 2. The lowest BCUT2D eigenvalue weighted by molar-refractivity contribution is -0.157. The van der Waals surface area contributed by atoms with Gasteiger partial charge in [0.25, 0.3) is 0 Å². The van der Waals surface area contributed by atoms with Gasteiger partial charge in [-0.2, -0.15) is 0 Å². The lowest BCUT2D eigenvalue weighted by atomic mass is 9.66. The molecule has 0 saturated carbocycles. The van der Waals surface area contributed by atoms with Gasteiger partial charge in [-0.05, 0) is 37.6 Å². The molecule has 0 radical (unpaired) electrons. The Kier molecular flexibility index (Phi) is 6.22. The summed E-state index contributed by atoms with van der Waals surface area (Å²) >= 11 is 0. The number of aromatic nitrogens is 1. The number of hydrogen-bond donors (Lipinski definition) is 2. The van der Waals surface area contributed by atoms with E-state index in [2.05, 4.69) is 10.3 Å². The van der Waals surface area contributed by atoms with Gasteiger partial charge in [0.05, 0.1) is 31.3 Å². The van der Waals surface area contributed by atoms with Crippen LogP contribution in [0.4, 0.5) is 5.69 Å². The van der Waals surface area contributed by atoms with E-state index in [4.69, 9.17) is 9.47 Å². The standard InChI is InChI=1S/C23H26N2O5/c1-14-7-9-16(10-8-14)25-17-12-23(2,28)20(22(27)30-4)18(19(17)21(26)29-3)15-6-5-11-24-13-15/h5-11,13,18,20,25,28H,12H2,1-4H3/t18-,20-,23+/m1/s1. The minimum absolute atomic E-state index is 0.0435. The van der Waals surface area contributed by atoms with Crippen molar-refractivity contribution >= 4 is 17.6 Å². The summed E-state index contributed by atoms with van der Waals surface area (Å²) in [6, 6.07) is 11.1. The number of carbonyl (C=O) groups is 2. The molecular weight excluding hydrogens is 384 g/mol. The van der Waals surface area contributed by atoms with Crippen LogP contribution in [0.15, 0.2) is 60.1 Å². The summed E-state index contributed by atoms with van der Waals surface area (Å²) < 4.78 is 10.1. The Morgan fingerprint density at radius 3 is 2.43 bits per heavy atom. The van der Waals surface area contributed by atoms with Crippen LogP contribution in [0.5, 0.6) is 0 Å². The summed E-state index contributed by atoms with van der Waals surface area (Å²) in [5.74, 6) is -2.99. The highest BCUT2D eigenvalue weighted by atomic mass is 16.5. The average Bonchev–Trinajstić information content (AvgIpc) is 2.74. The molecule has 0 saturated heterocycles. The first-order chi connectivity index (χ1) is 14.3. The van der Waals surface area contributed by atoms with Crippen LogP contribution in [0.1, 0.15) is 30.4 Å². The average molecular weight is 410 g/mol. The van der Waals surface area contributed by atoms with Crippen molar-refractivity contribution in [3.05, 3.63) is 71.2 Å². The maximum absolute atomic E-state index is 12.9. The second kappa shape index (κ2) is 8.67. The lowest BCUT2D eigenvalue weighted by Gasteiger charge is -2.42. The largest absolute Gasteiger partial charge is 0.469 e. The molecule has 3 atom stereocenters. The van der Waals surface area contributed by atoms with Crippen molar-refractivity contribution in [3.63, 3.8) is 0 Å². The van der Waals surface area contributed by atoms with Crippen LogP contribution in [-0.4, -0.2) is 41.8 Å². The maximum atomic E-state index is 12.9. The normalized spacial score (nSPS) is 23.6. The van der Waals surface area contributed by atoms with E-state index in [0.29, 0.717) is 11.3 Å². The molecule has 0 fully saturated rings. The predicted molar refractivity (Wildman–Crippen MR) is 112 cm³/mol. The number of pyridine rings is 1. The molecular formula is C23H26N2O5. The predicted octanol–water partition coefficient (Wildman–Crippen LogP) is 2.96. The number of rotatable bonds is 5. The van der Waals surface area contributed by atoms with Gasteiger partial charge in [0.1, 0.15) is 0 Å². The Hall–Kier alpha value is -3.19. The lowest BCUT2D eigenvalue weighted by Crippen LogP contribution is -2.49. The van der Waals surface area contributed by atoms with E-state index in [-0.39, 0.29) is 12.0 Å². The molecule has 7 nitrogen and oxygen atoms in total. The van der Waals surface area contributed by atoms with Crippen molar-refractivity contribution in [2.24, 2.45) is 5.92 Å². The monoisotopic (exact) mass is 410 g/mol. The van der Waals surface area contributed by atoms with Crippen molar-refractivity contribution in [1.82, 2.24) is 4.98 Å². The Balaban J connectivity index is 2.22. The van der Waals surface area contributed by atoms with Crippen LogP contribution in [0, 0.1) is 12.8 Å². The van der Waals surface area contributed by atoms with Crippen LogP contribution >= 0.6 is 0 Å². The van der Waals surface area contributed by atoms with Gasteiger partial charge in [-0.15, -0.1) is 0 Å². The first kappa shape index (κ1) is 21.5. The summed E-state index contributed by atoms with van der Waals surface area (Å²) in [7, 11) is 2.55. The molecule has 0 spiro atoms. The van der Waals surface area contributed by atoms with E-state index >= 15 is 0 Å². The van der Waals surface area contributed by atoms with E-state index in [1.807, 2.05) is 31.2 Å². The Labute approximate surface area is 175 Å². The van der Waals surface area contributed by atoms with Gasteiger partial charge >= 0.3 is 11.9 Å². The van der Waals surface area contributed by atoms with Gasteiger partial charge in [-0.25, -0.2) is 4.79 Å². The zero-order valence-corrected chi connectivity index (χ0v) is 17.5. The number of anilines is 1. The van der Waals surface area contributed by atoms with E-state index in [1.165, 1.54) is 14.2 Å². The SMILES string of the molecule is COC(=O)C1=C(Nc2ccc(C)cc2)C[C@](C)(O)[C@@H](C(=O)OC)[C@@H]1c1cccnc1. The number of benzene rings is 1. The van der Waals surface area contributed by atoms with Gasteiger partial charge in [-0.3, -0.25) is 9.78 Å². The van der Waals surface area contributed by atoms with E-state index < -0.39 is 29.4 Å². The molecule has 1 aromatic heterocycles. The molecule has 1 aliphatic carbocycles. The molecule has 0 bridgehead atoms. The van der Waals surface area contributed by atoms with Crippen LogP contribution in [-0.2, 0) is 19.1 Å². The molecule has 2 aromatic rings. The number of nitrogens with one attached hydrogen (secondary N) is 1. The minimum Gasteiger partial charge on any atom is -0.469 e. The number of methoxy groups -OCH3 is 2. The van der Waals surface area contributed by atoms with Crippen molar-refractivity contribution in [2.45, 2.75) is 31.8 Å². The fourth-order valence-corrected chi connectivity index (χ4v) is 4.00. The molecule has 0 amide bonds. The maximum Gasteiger partial charge on any atom is 0.336 e. The quantitative estimate of drug-likeness (QED) is 0.732. The topological polar surface area (TPSA) is 97.8 Å². The summed E-state index contributed by atoms with van der Waals surface area (Å²) in [4.78, 5) is 29.8. The molecule has 1 aliphatic rings. The second-order valence-corrected chi connectivity index (χ2v) is 7.67. The van der Waals surface area contributed by atoms with Gasteiger partial charge < -0.3 is 19.9 Å². The fourth-order valence-electron chi connectivity index (χ4n) is 4.00. The highest BCUT2D eigenvalue weighted by Crippen LogP contribution is 2.47. The van der Waals surface area contributed by atoms with Gasteiger partial charge in [0, 0.05) is 36.1 Å². The molecule has 0 unspecified atom stereocenters. The van der Waals surface area contributed by atoms with E-state index in [1.54, 1.807) is 31.5 Å². The molecule has 0 aliphatic heterocycles. The fraction of sp³-hybridized carbons (Fsp3) is 0.348. The smallest absolute Gasteiger partial charge is 0.336 e. The summed E-state index contributed by atoms with van der Waals surface area (Å²) in [6.45, 7) is 3.55.